The quantitative estimate of drug-likeness (QED) is 0.721. The molecule has 5 nitrogen and oxygen atoms in total. The number of nitrogens with zero attached hydrogens (tertiary/aromatic N) is 1. The number of carbonyl (C=O) groups is 1. The Kier molecular flexibility index (Phi) is 5.14. The Morgan fingerprint density at radius 3 is 2.76 bits per heavy atom. The van der Waals surface area contributed by atoms with Gasteiger partial charge in [0.1, 0.15) is 5.75 Å². The van der Waals surface area contributed by atoms with Gasteiger partial charge in [0.05, 0.1) is 24.1 Å². The zero-order valence-electron chi connectivity index (χ0n) is 14.4. The fraction of sp³-hybridized carbons (Fsp3) is 0.200. The number of H-pyrrole nitrogens is 1. The predicted molar refractivity (Wildman–Crippen MR) is 97.5 cm³/mol. The van der Waals surface area contributed by atoms with Crippen LogP contribution in [-0.2, 0) is 6.54 Å². The number of nitrogens with one attached hydrogen (secondary N) is 2. The zero-order valence-corrected chi connectivity index (χ0v) is 14.4. The van der Waals surface area contributed by atoms with Gasteiger partial charge < -0.3 is 10.1 Å². The lowest BCUT2D eigenvalue weighted by Gasteiger charge is -2.08. The smallest absolute Gasteiger partial charge is 0.255 e. The molecule has 1 amide bonds. The minimum absolute atomic E-state index is 0.161. The summed E-state index contributed by atoms with van der Waals surface area (Å²) in [4.78, 5) is 12.5. The van der Waals surface area contributed by atoms with Gasteiger partial charge in [-0.3, -0.25) is 9.89 Å². The molecule has 0 aliphatic heterocycles. The molecule has 0 aliphatic rings. The van der Waals surface area contributed by atoms with Gasteiger partial charge in [-0.1, -0.05) is 42.0 Å². The molecule has 2 aromatic carbocycles. The Bertz CT molecular complexity index is 853. The van der Waals surface area contributed by atoms with Crippen molar-refractivity contribution in [1.29, 1.82) is 0 Å². The number of amides is 1. The van der Waals surface area contributed by atoms with E-state index >= 15 is 0 Å². The Balaban J connectivity index is 1.71. The average Bonchev–Trinajstić information content (AvgIpc) is 3.11. The molecule has 0 atom stereocenters. The fourth-order valence-electron chi connectivity index (χ4n) is 2.59. The highest BCUT2D eigenvalue weighted by Gasteiger charge is 2.15. The lowest BCUT2D eigenvalue weighted by atomic mass is 10.1. The molecule has 0 fully saturated rings. The van der Waals surface area contributed by atoms with E-state index in [4.69, 9.17) is 4.74 Å². The Labute approximate surface area is 147 Å². The van der Waals surface area contributed by atoms with Crippen molar-refractivity contribution in [2.24, 2.45) is 0 Å². The van der Waals surface area contributed by atoms with E-state index in [-0.39, 0.29) is 5.91 Å². The van der Waals surface area contributed by atoms with E-state index in [0.29, 0.717) is 18.7 Å². The topological polar surface area (TPSA) is 67.0 Å². The van der Waals surface area contributed by atoms with Gasteiger partial charge >= 0.3 is 0 Å². The van der Waals surface area contributed by atoms with E-state index in [1.807, 2.05) is 62.4 Å². The highest BCUT2D eigenvalue weighted by atomic mass is 16.5. The number of aromatic amines is 1. The summed E-state index contributed by atoms with van der Waals surface area (Å²) in [6, 6.07) is 15.7. The molecular formula is C20H21N3O2. The van der Waals surface area contributed by atoms with Crippen molar-refractivity contribution in [3.8, 4) is 17.0 Å². The minimum Gasteiger partial charge on any atom is -0.494 e. The fourth-order valence-corrected chi connectivity index (χ4v) is 2.59. The lowest BCUT2D eigenvalue weighted by Crippen LogP contribution is -2.23. The summed E-state index contributed by atoms with van der Waals surface area (Å²) in [7, 11) is 0. The van der Waals surface area contributed by atoms with Crippen LogP contribution in [0.15, 0.2) is 54.7 Å². The molecule has 0 aliphatic carbocycles. The van der Waals surface area contributed by atoms with Crippen LogP contribution in [0.5, 0.6) is 5.75 Å². The van der Waals surface area contributed by atoms with Crippen LogP contribution >= 0.6 is 0 Å². The van der Waals surface area contributed by atoms with Crippen molar-refractivity contribution in [2.45, 2.75) is 20.4 Å². The molecule has 25 heavy (non-hydrogen) atoms. The van der Waals surface area contributed by atoms with Crippen LogP contribution in [0.2, 0.25) is 0 Å². The van der Waals surface area contributed by atoms with Crippen LogP contribution in [-0.4, -0.2) is 22.7 Å². The molecule has 3 rings (SSSR count). The van der Waals surface area contributed by atoms with E-state index in [9.17, 15) is 4.79 Å². The number of rotatable bonds is 6. The first-order valence-corrected chi connectivity index (χ1v) is 8.27. The van der Waals surface area contributed by atoms with Crippen molar-refractivity contribution in [2.75, 3.05) is 6.61 Å². The second kappa shape index (κ2) is 7.66. The molecule has 128 valence electrons. The number of ether oxygens (including phenoxy) is 1. The molecular weight excluding hydrogens is 314 g/mol. The van der Waals surface area contributed by atoms with Gasteiger partial charge in [0.25, 0.3) is 5.91 Å². The van der Waals surface area contributed by atoms with Gasteiger partial charge in [0.15, 0.2) is 0 Å². The lowest BCUT2D eigenvalue weighted by molar-refractivity contribution is 0.0951. The number of carbonyl (C=O) groups excluding carboxylic acids is 1. The summed E-state index contributed by atoms with van der Waals surface area (Å²) in [5.41, 5.74) is 4.35. The normalized spacial score (nSPS) is 10.5. The number of aryl methyl sites for hydroxylation is 1. The molecule has 1 aromatic heterocycles. The molecule has 0 spiro atoms. The van der Waals surface area contributed by atoms with Crippen LogP contribution in [0, 0.1) is 6.92 Å². The maximum Gasteiger partial charge on any atom is 0.255 e. The third-order valence-electron chi connectivity index (χ3n) is 3.89. The van der Waals surface area contributed by atoms with Crippen molar-refractivity contribution in [3.63, 3.8) is 0 Å². The maximum absolute atomic E-state index is 12.5. The van der Waals surface area contributed by atoms with E-state index in [1.165, 1.54) is 5.56 Å². The van der Waals surface area contributed by atoms with Crippen LogP contribution < -0.4 is 10.1 Å². The summed E-state index contributed by atoms with van der Waals surface area (Å²) in [6.45, 7) is 5.02. The van der Waals surface area contributed by atoms with Crippen LogP contribution in [0.4, 0.5) is 0 Å². The molecule has 1 heterocycles. The molecule has 0 unspecified atom stereocenters. The molecule has 0 saturated carbocycles. The van der Waals surface area contributed by atoms with E-state index in [1.54, 1.807) is 6.20 Å². The number of hydrogen-bond acceptors (Lipinski definition) is 3. The Morgan fingerprint density at radius 1 is 1.20 bits per heavy atom. The zero-order chi connectivity index (χ0) is 17.6. The standard InChI is InChI=1S/C20H21N3O2/c1-3-25-17-6-4-5-15(11-17)12-21-20(24)18-13-22-23-19(18)16-9-7-14(2)8-10-16/h4-11,13H,3,12H2,1-2H3,(H,21,24)(H,22,23). The minimum atomic E-state index is -0.161. The van der Waals surface area contributed by atoms with Crippen LogP contribution in [0.3, 0.4) is 0 Å². The first-order valence-electron chi connectivity index (χ1n) is 8.27. The number of hydrogen-bond donors (Lipinski definition) is 2. The van der Waals surface area contributed by atoms with Gasteiger partial charge in [-0.15, -0.1) is 0 Å². The second-order valence-corrected chi connectivity index (χ2v) is 5.79. The first kappa shape index (κ1) is 16.8. The third-order valence-corrected chi connectivity index (χ3v) is 3.89. The summed E-state index contributed by atoms with van der Waals surface area (Å²) in [5.74, 6) is 0.643. The molecule has 0 radical (unpaired) electrons. The number of benzene rings is 2. The summed E-state index contributed by atoms with van der Waals surface area (Å²) in [6.07, 6.45) is 1.56. The summed E-state index contributed by atoms with van der Waals surface area (Å²) >= 11 is 0. The second-order valence-electron chi connectivity index (χ2n) is 5.79. The third kappa shape index (κ3) is 4.07. The van der Waals surface area contributed by atoms with Crippen molar-refractivity contribution in [3.05, 3.63) is 71.4 Å². The highest BCUT2D eigenvalue weighted by molar-refractivity contribution is 5.99. The van der Waals surface area contributed by atoms with Crippen LogP contribution in [0.1, 0.15) is 28.4 Å². The van der Waals surface area contributed by atoms with Gasteiger partial charge in [-0.25, -0.2) is 0 Å². The maximum atomic E-state index is 12.5. The predicted octanol–water partition coefficient (Wildman–Crippen LogP) is 3.71. The molecule has 2 N–H and O–H groups in total. The van der Waals surface area contributed by atoms with Gasteiger partial charge in [0.2, 0.25) is 0 Å². The van der Waals surface area contributed by atoms with E-state index in [2.05, 4.69) is 15.5 Å². The largest absolute Gasteiger partial charge is 0.494 e. The Hall–Kier alpha value is -3.08. The molecule has 0 bridgehead atoms. The first-order chi connectivity index (χ1) is 12.2. The van der Waals surface area contributed by atoms with E-state index in [0.717, 1.165) is 22.6 Å². The van der Waals surface area contributed by atoms with Gasteiger partial charge in [-0.05, 0) is 31.5 Å². The van der Waals surface area contributed by atoms with E-state index < -0.39 is 0 Å². The molecule has 0 saturated heterocycles. The Morgan fingerprint density at radius 2 is 2.00 bits per heavy atom. The SMILES string of the molecule is CCOc1cccc(CNC(=O)c2cn[nH]c2-c2ccc(C)cc2)c1. The highest BCUT2D eigenvalue weighted by Crippen LogP contribution is 2.21. The number of aromatic nitrogens is 2. The molecule has 5 heteroatoms. The monoisotopic (exact) mass is 335 g/mol. The van der Waals surface area contributed by atoms with Crippen LogP contribution in [0.25, 0.3) is 11.3 Å². The molecule has 3 aromatic rings. The summed E-state index contributed by atoms with van der Waals surface area (Å²) < 4.78 is 5.48. The van der Waals surface area contributed by atoms with Crippen molar-refractivity contribution in [1.82, 2.24) is 15.5 Å². The summed E-state index contributed by atoms with van der Waals surface area (Å²) in [5, 5.41) is 9.88. The van der Waals surface area contributed by atoms with Crippen molar-refractivity contribution < 1.29 is 9.53 Å². The van der Waals surface area contributed by atoms with Gasteiger partial charge in [-0.2, -0.15) is 5.10 Å². The average molecular weight is 335 g/mol. The van der Waals surface area contributed by atoms with Crippen molar-refractivity contribution >= 4 is 5.91 Å². The van der Waals surface area contributed by atoms with Gasteiger partial charge in [0, 0.05) is 12.1 Å².